The summed E-state index contributed by atoms with van der Waals surface area (Å²) >= 11 is 0. The summed E-state index contributed by atoms with van der Waals surface area (Å²) in [7, 11) is 0. The fourth-order valence-electron chi connectivity index (χ4n) is 4.05. The van der Waals surface area contributed by atoms with Crippen LogP contribution in [0.3, 0.4) is 0 Å². The highest BCUT2D eigenvalue weighted by atomic mass is 16.5. The van der Waals surface area contributed by atoms with E-state index in [2.05, 4.69) is 15.4 Å². The van der Waals surface area contributed by atoms with Gasteiger partial charge in [0.2, 0.25) is 0 Å². The average Bonchev–Trinajstić information content (AvgIpc) is 3.42. The molecule has 1 aliphatic rings. The van der Waals surface area contributed by atoms with Gasteiger partial charge in [0.15, 0.2) is 5.69 Å². The van der Waals surface area contributed by atoms with Crippen molar-refractivity contribution in [2.75, 3.05) is 19.7 Å². The zero-order valence-electron chi connectivity index (χ0n) is 17.5. The number of carbonyl (C=O) groups excluding carboxylic acids is 1. The van der Waals surface area contributed by atoms with E-state index in [0.717, 1.165) is 45.7 Å². The molecule has 1 aliphatic heterocycles. The number of nitrogens with one attached hydrogen (secondary N) is 1. The molecular formula is C23H23N5O3. The van der Waals surface area contributed by atoms with Crippen molar-refractivity contribution in [2.45, 2.75) is 26.4 Å². The molecule has 0 saturated carbocycles. The zero-order chi connectivity index (χ0) is 21.4. The van der Waals surface area contributed by atoms with Gasteiger partial charge in [-0.2, -0.15) is 5.10 Å². The van der Waals surface area contributed by atoms with Gasteiger partial charge in [-0.25, -0.2) is 4.98 Å². The number of rotatable bonds is 4. The number of amides is 1. The molecule has 0 bridgehead atoms. The van der Waals surface area contributed by atoms with E-state index in [0.29, 0.717) is 25.4 Å². The minimum absolute atomic E-state index is 0.106. The number of para-hydroxylation sites is 1. The first-order chi connectivity index (χ1) is 15.2. The van der Waals surface area contributed by atoms with Crippen molar-refractivity contribution in [1.82, 2.24) is 25.2 Å². The number of H-pyrrole nitrogens is 1. The Morgan fingerprint density at radius 2 is 2.10 bits per heavy atom. The molecule has 4 heterocycles. The maximum absolute atomic E-state index is 13.2. The second kappa shape index (κ2) is 7.96. The van der Waals surface area contributed by atoms with Gasteiger partial charge in [-0.05, 0) is 25.1 Å². The molecule has 0 unspecified atom stereocenters. The number of benzene rings is 1. The lowest BCUT2D eigenvalue weighted by Gasteiger charge is -2.32. The molecule has 3 aromatic heterocycles. The van der Waals surface area contributed by atoms with E-state index in [4.69, 9.17) is 14.2 Å². The molecule has 0 aliphatic carbocycles. The Morgan fingerprint density at radius 1 is 1.23 bits per heavy atom. The largest absolute Gasteiger partial charge is 0.368 e. The summed E-state index contributed by atoms with van der Waals surface area (Å²) in [5.41, 5.74) is 4.61. The molecule has 158 valence electrons. The lowest BCUT2D eigenvalue weighted by atomic mass is 10.1. The third-order valence-electron chi connectivity index (χ3n) is 5.64. The van der Waals surface area contributed by atoms with E-state index in [9.17, 15) is 4.79 Å². The first-order valence-corrected chi connectivity index (χ1v) is 10.4. The number of carbonyl (C=O) groups is 1. The van der Waals surface area contributed by atoms with Crippen LogP contribution in [0.4, 0.5) is 0 Å². The summed E-state index contributed by atoms with van der Waals surface area (Å²) in [4.78, 5) is 19.8. The second-order valence-corrected chi connectivity index (χ2v) is 7.60. The molecule has 0 spiro atoms. The number of nitrogens with zero attached hydrogens (tertiary/aromatic N) is 4. The molecular weight excluding hydrogens is 394 g/mol. The first-order valence-electron chi connectivity index (χ1n) is 10.4. The number of morpholine rings is 1. The molecule has 5 rings (SSSR count). The minimum atomic E-state index is -0.312. The van der Waals surface area contributed by atoms with Crippen molar-refractivity contribution in [3.8, 4) is 11.3 Å². The molecule has 31 heavy (non-hydrogen) atoms. The molecule has 1 N–H and O–H groups in total. The topological polar surface area (TPSA) is 97.1 Å². The molecule has 1 amide bonds. The molecule has 1 saturated heterocycles. The minimum Gasteiger partial charge on any atom is -0.368 e. The van der Waals surface area contributed by atoms with Crippen molar-refractivity contribution >= 4 is 16.8 Å². The summed E-state index contributed by atoms with van der Waals surface area (Å²) < 4.78 is 11.4. The Labute approximate surface area is 179 Å². The van der Waals surface area contributed by atoms with Crippen LogP contribution < -0.4 is 0 Å². The number of hydrogen-bond donors (Lipinski definition) is 1. The highest BCUT2D eigenvalue weighted by molar-refractivity contribution is 6.04. The number of fused-ring (bicyclic) bond motifs is 1. The lowest BCUT2D eigenvalue weighted by Crippen LogP contribution is -2.42. The highest BCUT2D eigenvalue weighted by Gasteiger charge is 2.29. The summed E-state index contributed by atoms with van der Waals surface area (Å²) in [6.45, 7) is 5.32. The predicted octanol–water partition coefficient (Wildman–Crippen LogP) is 3.70. The summed E-state index contributed by atoms with van der Waals surface area (Å²) in [6, 6.07) is 13.5. The molecule has 1 fully saturated rings. The number of hydrogen-bond acceptors (Lipinski definition) is 6. The van der Waals surface area contributed by atoms with Crippen LogP contribution in [0.5, 0.6) is 0 Å². The lowest BCUT2D eigenvalue weighted by molar-refractivity contribution is -0.0248. The third-order valence-corrected chi connectivity index (χ3v) is 5.64. The molecule has 0 radical (unpaired) electrons. The highest BCUT2D eigenvalue weighted by Crippen LogP contribution is 2.29. The summed E-state index contributed by atoms with van der Waals surface area (Å²) in [5.74, 6) is 0.707. The van der Waals surface area contributed by atoms with Gasteiger partial charge in [-0.3, -0.25) is 9.89 Å². The van der Waals surface area contributed by atoms with Crippen LogP contribution in [0.1, 0.15) is 40.7 Å². The summed E-state index contributed by atoms with van der Waals surface area (Å²) in [5, 5.41) is 12.1. The van der Waals surface area contributed by atoms with E-state index in [1.807, 2.05) is 56.3 Å². The Morgan fingerprint density at radius 3 is 2.97 bits per heavy atom. The van der Waals surface area contributed by atoms with Gasteiger partial charge < -0.3 is 14.2 Å². The maximum Gasteiger partial charge on any atom is 0.275 e. The molecule has 8 nitrogen and oxygen atoms in total. The van der Waals surface area contributed by atoms with E-state index in [-0.39, 0.29) is 12.0 Å². The Kier molecular flexibility index (Phi) is 4.99. The molecule has 1 aromatic carbocycles. The second-order valence-electron chi connectivity index (χ2n) is 7.60. The summed E-state index contributed by atoms with van der Waals surface area (Å²) in [6.07, 6.45) is 0.426. The molecule has 8 heteroatoms. The fourth-order valence-corrected chi connectivity index (χ4v) is 4.05. The number of ether oxygens (including phenoxy) is 1. The van der Waals surface area contributed by atoms with Crippen molar-refractivity contribution in [3.05, 3.63) is 65.3 Å². The Balaban J connectivity index is 1.41. The molecule has 1 atom stereocenters. The van der Waals surface area contributed by atoms with Gasteiger partial charge in [0, 0.05) is 18.4 Å². The first kappa shape index (κ1) is 19.4. The van der Waals surface area contributed by atoms with Crippen LogP contribution in [0.2, 0.25) is 0 Å². The van der Waals surface area contributed by atoms with Crippen LogP contribution in [-0.4, -0.2) is 50.8 Å². The SMILES string of the molecule is CCc1onc(C)c1-c1cccc([C@@H]2CN(C(=O)c3n[nH]c4ccccc34)CCO2)n1. The average molecular weight is 417 g/mol. The fraction of sp³-hybridized carbons (Fsp3) is 0.304. The van der Waals surface area contributed by atoms with Crippen molar-refractivity contribution in [1.29, 1.82) is 0 Å². The van der Waals surface area contributed by atoms with Gasteiger partial charge in [-0.15, -0.1) is 0 Å². The van der Waals surface area contributed by atoms with Crippen LogP contribution in [0, 0.1) is 6.92 Å². The number of pyridine rings is 1. The third kappa shape index (κ3) is 3.48. The van der Waals surface area contributed by atoms with Crippen LogP contribution in [0.15, 0.2) is 47.0 Å². The predicted molar refractivity (Wildman–Crippen MR) is 115 cm³/mol. The van der Waals surface area contributed by atoms with E-state index in [1.54, 1.807) is 4.90 Å². The van der Waals surface area contributed by atoms with Gasteiger partial charge >= 0.3 is 0 Å². The standard InChI is InChI=1S/C23H23N5O3/c1-3-19-21(14(2)27-31-19)18-10-6-9-17(24-18)20-13-28(11-12-30-20)23(29)22-15-7-4-5-8-16(15)25-26-22/h4-10,20H,3,11-13H2,1-2H3,(H,25,26)/t20-/m0/s1. The quantitative estimate of drug-likeness (QED) is 0.544. The van der Waals surface area contributed by atoms with Gasteiger partial charge in [0.1, 0.15) is 11.9 Å². The van der Waals surface area contributed by atoms with Crippen LogP contribution in [-0.2, 0) is 11.2 Å². The van der Waals surface area contributed by atoms with E-state index in [1.165, 1.54) is 0 Å². The Hall–Kier alpha value is -3.52. The zero-order valence-corrected chi connectivity index (χ0v) is 17.5. The Bertz CT molecular complexity index is 1240. The number of aryl methyl sites for hydroxylation is 2. The monoisotopic (exact) mass is 417 g/mol. The van der Waals surface area contributed by atoms with Crippen molar-refractivity contribution in [2.24, 2.45) is 0 Å². The maximum atomic E-state index is 13.2. The van der Waals surface area contributed by atoms with Gasteiger partial charge in [0.05, 0.1) is 41.3 Å². The van der Waals surface area contributed by atoms with Gasteiger partial charge in [-0.1, -0.05) is 36.3 Å². The van der Waals surface area contributed by atoms with Gasteiger partial charge in [0.25, 0.3) is 5.91 Å². The van der Waals surface area contributed by atoms with E-state index < -0.39 is 0 Å². The van der Waals surface area contributed by atoms with E-state index >= 15 is 0 Å². The van der Waals surface area contributed by atoms with Crippen LogP contribution in [0.25, 0.3) is 22.2 Å². The van der Waals surface area contributed by atoms with Crippen LogP contribution >= 0.6 is 0 Å². The number of aromatic nitrogens is 4. The number of aromatic amines is 1. The van der Waals surface area contributed by atoms with Crippen molar-refractivity contribution in [3.63, 3.8) is 0 Å². The van der Waals surface area contributed by atoms with Crippen molar-refractivity contribution < 1.29 is 14.1 Å². The smallest absolute Gasteiger partial charge is 0.275 e. The normalized spacial score (nSPS) is 16.7. The molecule has 4 aromatic rings.